The second-order valence-corrected chi connectivity index (χ2v) is 14.1. The van der Waals surface area contributed by atoms with Crippen LogP contribution >= 0.6 is 23.2 Å². The van der Waals surface area contributed by atoms with Crippen molar-refractivity contribution < 1.29 is 34.8 Å². The van der Waals surface area contributed by atoms with E-state index in [1.807, 2.05) is 11.8 Å². The molecule has 0 aliphatic carbocycles. The molecule has 3 aromatic heterocycles. The number of aliphatic carboxylic acids is 2. The molecule has 0 saturated carbocycles. The van der Waals surface area contributed by atoms with E-state index in [1.165, 1.54) is 20.7 Å². The molecule has 1 unspecified atom stereocenters. The van der Waals surface area contributed by atoms with Crippen molar-refractivity contribution in [3.8, 4) is 33.6 Å². The molecule has 2 atom stereocenters. The molecule has 0 radical (unpaired) electrons. The Morgan fingerprint density at radius 1 is 0.982 bits per heavy atom. The van der Waals surface area contributed by atoms with Crippen molar-refractivity contribution in [3.05, 3.63) is 92.2 Å². The third kappa shape index (κ3) is 8.70. The molecule has 0 spiro atoms. The zero-order valence-electron chi connectivity index (χ0n) is 31.0. The zero-order valence-corrected chi connectivity index (χ0v) is 32.5. The first kappa shape index (κ1) is 41.8. The number of aldehydes is 1. The number of aryl methyl sites for hydroxylation is 1. The number of allylic oxidation sites excluding steroid dienone is 1. The molecule has 18 heteroatoms. The number of rotatable bonds is 18. The second kappa shape index (κ2) is 17.6. The maximum absolute atomic E-state index is 13.6. The van der Waals surface area contributed by atoms with Crippen molar-refractivity contribution in [1.29, 1.82) is 0 Å². The molecule has 0 fully saturated rings. The number of nitrogens with one attached hydrogen (secondary N) is 2. The lowest BCUT2D eigenvalue weighted by atomic mass is 9.98. The molecule has 296 valence electrons. The van der Waals surface area contributed by atoms with Gasteiger partial charge < -0.3 is 35.2 Å². The Bertz CT molecular complexity index is 2370. The number of aliphatic hydroxyl groups excluding tert-OH is 2. The maximum atomic E-state index is 13.6. The van der Waals surface area contributed by atoms with Crippen molar-refractivity contribution in [2.24, 2.45) is 0 Å². The summed E-state index contributed by atoms with van der Waals surface area (Å²) < 4.78 is 4.41. The number of likely N-dealkylation sites (N-methyl/N-ethyl adjacent to an activating group) is 1. The van der Waals surface area contributed by atoms with Crippen LogP contribution in [0.5, 0.6) is 0 Å². The molecule has 0 saturated heterocycles. The highest BCUT2D eigenvalue weighted by Gasteiger charge is 2.31. The number of carboxylic acid groups (broad SMARTS) is 2. The number of aromatic nitrogens is 5. The Kier molecular flexibility index (Phi) is 13.2. The molecular weight excluding hydrogens is 767 g/mol. The van der Waals surface area contributed by atoms with Crippen LogP contribution in [0.1, 0.15) is 30.0 Å². The molecule has 0 amide bonds. The standard InChI is InChI=1S/C38H42Cl2N8O8/c1-22(45(4)13-11-41-31(20-50)36(53)54)17-47-24(19-49)15-29(43-47)27-9-5-7-25(33(27)39)26-8-6-10-28(34(26)40)30-16-32-35(52)46(23(2)18-48(32)44-30)14-12-42-38(3,21-51)37(55)56/h5-10,15-19,31,41-42,50-51H,11-14,20-21H2,1-4H3,(H,53,54)(H,55,56)/b22-17-/t31?,38-/m1/s1. The average Bonchev–Trinajstić information content (AvgIpc) is 3.78. The summed E-state index contributed by atoms with van der Waals surface area (Å²) in [7, 11) is 1.80. The van der Waals surface area contributed by atoms with E-state index in [-0.39, 0.29) is 36.4 Å². The molecule has 0 aliphatic rings. The Labute approximate surface area is 331 Å². The second-order valence-electron chi connectivity index (χ2n) is 13.4. The van der Waals surface area contributed by atoms with Crippen LogP contribution in [0.3, 0.4) is 0 Å². The van der Waals surface area contributed by atoms with E-state index in [1.54, 1.807) is 74.9 Å². The quantitative estimate of drug-likeness (QED) is 0.0702. The number of hydrogen-bond acceptors (Lipinski definition) is 11. The van der Waals surface area contributed by atoms with Gasteiger partial charge in [-0.3, -0.25) is 24.5 Å². The normalized spacial score (nSPS) is 13.5. The van der Waals surface area contributed by atoms with Gasteiger partial charge in [0.15, 0.2) is 6.29 Å². The minimum atomic E-state index is -1.55. The summed E-state index contributed by atoms with van der Waals surface area (Å²) >= 11 is 14.1. The van der Waals surface area contributed by atoms with Gasteiger partial charge in [-0.2, -0.15) is 10.2 Å². The Balaban J connectivity index is 1.42. The van der Waals surface area contributed by atoms with Crippen molar-refractivity contribution >= 4 is 53.1 Å². The predicted molar refractivity (Wildman–Crippen MR) is 212 cm³/mol. The number of halogens is 2. The number of aliphatic hydroxyl groups is 2. The molecule has 5 rings (SSSR count). The summed E-state index contributed by atoms with van der Waals surface area (Å²) in [5.41, 5.74) is 3.08. The summed E-state index contributed by atoms with van der Waals surface area (Å²) in [5.74, 6) is -2.36. The minimum absolute atomic E-state index is 0.113. The van der Waals surface area contributed by atoms with E-state index in [4.69, 9.17) is 28.3 Å². The van der Waals surface area contributed by atoms with E-state index in [9.17, 15) is 34.5 Å². The van der Waals surface area contributed by atoms with Crippen LogP contribution in [0.4, 0.5) is 0 Å². The Hall–Kier alpha value is -5.36. The highest BCUT2D eigenvalue weighted by atomic mass is 35.5. The summed E-state index contributed by atoms with van der Waals surface area (Å²) in [6.45, 7) is 4.72. The lowest BCUT2D eigenvalue weighted by Gasteiger charge is -2.24. The van der Waals surface area contributed by atoms with Crippen LogP contribution in [0, 0.1) is 6.92 Å². The summed E-state index contributed by atoms with van der Waals surface area (Å²) in [6.07, 6.45) is 4.03. The van der Waals surface area contributed by atoms with Crippen LogP contribution in [-0.2, 0) is 16.1 Å². The number of carboxylic acids is 2. The zero-order chi connectivity index (χ0) is 40.9. The first-order valence-electron chi connectivity index (χ1n) is 17.4. The van der Waals surface area contributed by atoms with Crippen LogP contribution in [0.25, 0.3) is 45.4 Å². The average molecular weight is 810 g/mol. The van der Waals surface area contributed by atoms with E-state index in [0.29, 0.717) is 62.2 Å². The third-order valence-corrected chi connectivity index (χ3v) is 10.3. The van der Waals surface area contributed by atoms with Crippen LogP contribution in [-0.4, -0.2) is 119 Å². The van der Waals surface area contributed by atoms with Crippen molar-refractivity contribution in [2.75, 3.05) is 39.9 Å². The molecule has 56 heavy (non-hydrogen) atoms. The van der Waals surface area contributed by atoms with Crippen LogP contribution in [0.2, 0.25) is 10.0 Å². The van der Waals surface area contributed by atoms with Gasteiger partial charge in [0.2, 0.25) is 0 Å². The number of hydrogen-bond donors (Lipinski definition) is 6. The molecule has 0 aliphatic heterocycles. The molecule has 0 bridgehead atoms. The third-order valence-electron chi connectivity index (χ3n) is 9.53. The molecule has 6 N–H and O–H groups in total. The number of fused-ring (bicyclic) bond motifs is 1. The van der Waals surface area contributed by atoms with Gasteiger partial charge in [-0.25, -0.2) is 9.20 Å². The van der Waals surface area contributed by atoms with E-state index >= 15 is 0 Å². The lowest BCUT2D eigenvalue weighted by molar-refractivity contribution is -0.146. The van der Waals surface area contributed by atoms with Crippen molar-refractivity contribution in [3.63, 3.8) is 0 Å². The first-order chi connectivity index (χ1) is 26.6. The Morgan fingerprint density at radius 3 is 2.14 bits per heavy atom. The molecule has 16 nitrogen and oxygen atoms in total. The summed E-state index contributed by atoms with van der Waals surface area (Å²) in [6, 6.07) is 12.9. The summed E-state index contributed by atoms with van der Waals surface area (Å²) in [5, 5.41) is 52.9. The minimum Gasteiger partial charge on any atom is -0.480 e. The topological polar surface area (TPSA) is 217 Å². The monoisotopic (exact) mass is 808 g/mol. The maximum Gasteiger partial charge on any atom is 0.326 e. The molecule has 2 aromatic carbocycles. The fourth-order valence-electron chi connectivity index (χ4n) is 5.95. The van der Waals surface area contributed by atoms with Gasteiger partial charge in [0.1, 0.15) is 22.8 Å². The summed E-state index contributed by atoms with van der Waals surface area (Å²) in [4.78, 5) is 50.2. The number of nitrogens with zero attached hydrogens (tertiary/aromatic N) is 6. The predicted octanol–water partition coefficient (Wildman–Crippen LogP) is 3.33. The van der Waals surface area contributed by atoms with Gasteiger partial charge in [0.25, 0.3) is 5.56 Å². The van der Waals surface area contributed by atoms with E-state index < -0.39 is 36.7 Å². The van der Waals surface area contributed by atoms with Gasteiger partial charge >= 0.3 is 11.9 Å². The fraction of sp³-hybridized carbons (Fsp3) is 0.316. The molecule has 3 heterocycles. The van der Waals surface area contributed by atoms with Gasteiger partial charge in [0.05, 0.1) is 34.6 Å². The number of carbonyl (C=O) groups excluding carboxylic acids is 1. The smallest absolute Gasteiger partial charge is 0.326 e. The van der Waals surface area contributed by atoms with Crippen molar-refractivity contribution in [1.82, 2.24) is 39.5 Å². The largest absolute Gasteiger partial charge is 0.480 e. The van der Waals surface area contributed by atoms with Gasteiger partial charge in [-0.15, -0.1) is 0 Å². The van der Waals surface area contributed by atoms with Crippen LogP contribution in [0.15, 0.2) is 65.2 Å². The highest BCUT2D eigenvalue weighted by molar-refractivity contribution is 6.39. The first-order valence-corrected chi connectivity index (χ1v) is 18.2. The van der Waals surface area contributed by atoms with E-state index in [2.05, 4.69) is 20.8 Å². The van der Waals surface area contributed by atoms with Gasteiger partial charge in [0, 0.05) is 79.3 Å². The lowest BCUT2D eigenvalue weighted by Crippen LogP contribution is -2.53. The van der Waals surface area contributed by atoms with Crippen LogP contribution < -0.4 is 16.2 Å². The fourth-order valence-corrected chi connectivity index (χ4v) is 6.60. The van der Waals surface area contributed by atoms with Crippen molar-refractivity contribution in [2.45, 2.75) is 38.9 Å². The highest BCUT2D eigenvalue weighted by Crippen LogP contribution is 2.42. The Morgan fingerprint density at radius 2 is 1.59 bits per heavy atom. The molecule has 5 aromatic rings. The number of carbonyl (C=O) groups is 3. The SMILES string of the molecule is C/C(=C/n1nc(-c2cccc(-c3cccc(-c4cc5c(=O)n(CCN[C@](C)(CO)C(=O)O)c(C)cn5n4)c3Cl)c2Cl)cc1C=O)N(C)CCNC(CO)C(=O)O. The molecular formula is C38H42Cl2N8O8. The van der Waals surface area contributed by atoms with Gasteiger partial charge in [-0.1, -0.05) is 59.6 Å². The van der Waals surface area contributed by atoms with Gasteiger partial charge in [-0.05, 0) is 32.9 Å². The number of benzene rings is 2. The van der Waals surface area contributed by atoms with E-state index in [0.717, 1.165) is 5.70 Å².